The number of nitrogens with zero attached hydrogens (tertiary/aromatic N) is 3. The lowest BCUT2D eigenvalue weighted by Crippen LogP contribution is -2.25. The van der Waals surface area contributed by atoms with E-state index in [2.05, 4.69) is 20.6 Å². The summed E-state index contributed by atoms with van der Waals surface area (Å²) in [6, 6.07) is 5.10. The number of tetrazole rings is 1. The summed E-state index contributed by atoms with van der Waals surface area (Å²) in [5, 5.41) is 13.5. The summed E-state index contributed by atoms with van der Waals surface area (Å²) >= 11 is 0. The van der Waals surface area contributed by atoms with Gasteiger partial charge in [-0.25, -0.2) is 5.10 Å². The first kappa shape index (κ1) is 14.0. The van der Waals surface area contributed by atoms with Crippen molar-refractivity contribution in [2.75, 3.05) is 7.11 Å². The van der Waals surface area contributed by atoms with Crippen molar-refractivity contribution in [2.24, 2.45) is 5.41 Å². The largest absolute Gasteiger partial charge is 0.493 e. The molecule has 0 aliphatic heterocycles. The first-order valence-corrected chi connectivity index (χ1v) is 6.06. The molecule has 0 aliphatic rings. The zero-order valence-corrected chi connectivity index (χ0v) is 11.8. The van der Waals surface area contributed by atoms with Crippen molar-refractivity contribution in [1.29, 1.82) is 0 Å². The highest BCUT2D eigenvalue weighted by Crippen LogP contribution is 2.32. The van der Waals surface area contributed by atoms with Gasteiger partial charge in [0.15, 0.2) is 17.3 Å². The summed E-state index contributed by atoms with van der Waals surface area (Å²) in [4.78, 5) is 11.9. The molecule has 20 heavy (non-hydrogen) atoms. The van der Waals surface area contributed by atoms with Gasteiger partial charge in [0.1, 0.15) is 0 Å². The van der Waals surface area contributed by atoms with Gasteiger partial charge in [0.25, 0.3) is 0 Å². The van der Waals surface area contributed by atoms with Crippen LogP contribution in [0, 0.1) is 5.41 Å². The Labute approximate surface area is 116 Å². The Morgan fingerprint density at radius 1 is 1.25 bits per heavy atom. The van der Waals surface area contributed by atoms with Crippen LogP contribution in [-0.4, -0.2) is 33.7 Å². The summed E-state index contributed by atoms with van der Waals surface area (Å²) < 4.78 is 10.6. The topological polar surface area (TPSA) is 90.0 Å². The van der Waals surface area contributed by atoms with Crippen molar-refractivity contribution in [3.63, 3.8) is 0 Å². The molecule has 1 N–H and O–H groups in total. The average molecular weight is 276 g/mol. The number of hydrogen-bond donors (Lipinski definition) is 1. The predicted molar refractivity (Wildman–Crippen MR) is 71.3 cm³/mol. The number of hydrogen-bond acceptors (Lipinski definition) is 6. The van der Waals surface area contributed by atoms with Crippen molar-refractivity contribution in [3.05, 3.63) is 18.2 Å². The van der Waals surface area contributed by atoms with Gasteiger partial charge in [-0.1, -0.05) is 0 Å². The van der Waals surface area contributed by atoms with Crippen LogP contribution in [0.15, 0.2) is 18.2 Å². The zero-order valence-electron chi connectivity index (χ0n) is 11.8. The predicted octanol–water partition coefficient (Wildman–Crippen LogP) is 1.83. The van der Waals surface area contributed by atoms with Crippen LogP contribution in [0.1, 0.15) is 20.8 Å². The fourth-order valence-electron chi connectivity index (χ4n) is 1.43. The lowest BCUT2D eigenvalue weighted by atomic mass is 9.97. The molecule has 1 aromatic heterocycles. The van der Waals surface area contributed by atoms with E-state index in [1.54, 1.807) is 39.0 Å². The minimum atomic E-state index is -0.585. The smallest absolute Gasteiger partial charge is 0.316 e. The molecule has 2 aromatic rings. The Hall–Kier alpha value is -2.44. The average Bonchev–Trinajstić information content (AvgIpc) is 2.92. The molecule has 106 valence electrons. The summed E-state index contributed by atoms with van der Waals surface area (Å²) in [6.45, 7) is 5.36. The zero-order chi connectivity index (χ0) is 14.8. The molecule has 0 atom stereocenters. The molecule has 0 amide bonds. The van der Waals surface area contributed by atoms with E-state index >= 15 is 0 Å². The van der Waals surface area contributed by atoms with Gasteiger partial charge in [-0.2, -0.15) is 0 Å². The van der Waals surface area contributed by atoms with Gasteiger partial charge >= 0.3 is 5.97 Å². The van der Waals surface area contributed by atoms with Crippen LogP contribution in [0.25, 0.3) is 11.4 Å². The van der Waals surface area contributed by atoms with Gasteiger partial charge in [-0.15, -0.1) is 5.10 Å². The number of benzene rings is 1. The molecule has 7 heteroatoms. The Kier molecular flexibility index (Phi) is 3.69. The van der Waals surface area contributed by atoms with E-state index in [9.17, 15) is 4.79 Å². The first-order chi connectivity index (χ1) is 9.41. The molecule has 1 heterocycles. The van der Waals surface area contributed by atoms with Gasteiger partial charge in [-0.05, 0) is 49.4 Å². The normalized spacial score (nSPS) is 11.2. The fourth-order valence-corrected chi connectivity index (χ4v) is 1.43. The van der Waals surface area contributed by atoms with E-state index < -0.39 is 5.41 Å². The standard InChI is InChI=1S/C13H16N4O3/c1-13(2,3)12(18)20-9-6-5-8(7-10(9)19-4)11-14-16-17-15-11/h5-7H,1-4H3,(H,14,15,16,17). The van der Waals surface area contributed by atoms with E-state index in [4.69, 9.17) is 9.47 Å². The van der Waals surface area contributed by atoms with E-state index in [1.165, 1.54) is 7.11 Å². The number of aromatic amines is 1. The molecule has 0 spiro atoms. The fraction of sp³-hybridized carbons (Fsp3) is 0.385. The number of rotatable bonds is 3. The molecule has 0 saturated carbocycles. The molecule has 0 saturated heterocycles. The first-order valence-electron chi connectivity index (χ1n) is 6.06. The van der Waals surface area contributed by atoms with Gasteiger partial charge in [0, 0.05) is 5.56 Å². The van der Waals surface area contributed by atoms with Gasteiger partial charge < -0.3 is 9.47 Å². The van der Waals surface area contributed by atoms with E-state index in [0.717, 1.165) is 5.56 Å². The minimum absolute atomic E-state index is 0.329. The Morgan fingerprint density at radius 2 is 2.00 bits per heavy atom. The molecule has 0 aliphatic carbocycles. The van der Waals surface area contributed by atoms with Gasteiger partial charge in [-0.3, -0.25) is 4.79 Å². The second-order valence-corrected chi connectivity index (χ2v) is 5.26. The molecule has 0 radical (unpaired) electrons. The molecule has 0 unspecified atom stereocenters. The molecule has 0 bridgehead atoms. The Balaban J connectivity index is 2.29. The van der Waals surface area contributed by atoms with Crippen LogP contribution in [-0.2, 0) is 4.79 Å². The number of methoxy groups -OCH3 is 1. The molecule has 0 fully saturated rings. The molecular weight excluding hydrogens is 260 g/mol. The van der Waals surface area contributed by atoms with Crippen LogP contribution in [0.5, 0.6) is 11.5 Å². The summed E-state index contributed by atoms with van der Waals surface area (Å²) in [7, 11) is 1.51. The molecule has 7 nitrogen and oxygen atoms in total. The van der Waals surface area contributed by atoms with Gasteiger partial charge in [0.2, 0.25) is 0 Å². The third-order valence-electron chi connectivity index (χ3n) is 2.60. The van der Waals surface area contributed by atoms with Crippen LogP contribution in [0.2, 0.25) is 0 Å². The van der Waals surface area contributed by atoms with Crippen LogP contribution in [0.4, 0.5) is 0 Å². The third kappa shape index (κ3) is 2.93. The second kappa shape index (κ2) is 5.28. The number of carbonyl (C=O) groups excluding carboxylic acids is 1. The molecular formula is C13H16N4O3. The summed E-state index contributed by atoms with van der Waals surface area (Å²) in [5.41, 5.74) is 0.154. The van der Waals surface area contributed by atoms with Gasteiger partial charge in [0.05, 0.1) is 12.5 Å². The van der Waals surface area contributed by atoms with Crippen molar-refractivity contribution < 1.29 is 14.3 Å². The Bertz CT molecular complexity index is 603. The number of nitrogens with one attached hydrogen (secondary N) is 1. The van der Waals surface area contributed by atoms with Crippen molar-refractivity contribution in [3.8, 4) is 22.9 Å². The Morgan fingerprint density at radius 3 is 2.55 bits per heavy atom. The quantitative estimate of drug-likeness (QED) is 0.679. The lowest BCUT2D eigenvalue weighted by molar-refractivity contribution is -0.143. The number of ether oxygens (including phenoxy) is 2. The summed E-state index contributed by atoms with van der Waals surface area (Å²) in [6.07, 6.45) is 0. The number of H-pyrrole nitrogens is 1. The highest BCUT2D eigenvalue weighted by atomic mass is 16.6. The second-order valence-electron chi connectivity index (χ2n) is 5.26. The minimum Gasteiger partial charge on any atom is -0.493 e. The number of esters is 1. The van der Waals surface area contributed by atoms with Crippen LogP contribution >= 0.6 is 0 Å². The van der Waals surface area contributed by atoms with Crippen molar-refractivity contribution in [1.82, 2.24) is 20.6 Å². The highest BCUT2D eigenvalue weighted by molar-refractivity contribution is 5.79. The van der Waals surface area contributed by atoms with Crippen molar-refractivity contribution in [2.45, 2.75) is 20.8 Å². The third-order valence-corrected chi connectivity index (χ3v) is 2.60. The maximum atomic E-state index is 11.9. The van der Waals surface area contributed by atoms with E-state index in [0.29, 0.717) is 17.3 Å². The van der Waals surface area contributed by atoms with E-state index in [-0.39, 0.29) is 5.97 Å². The van der Waals surface area contributed by atoms with Crippen LogP contribution in [0.3, 0.4) is 0 Å². The lowest BCUT2D eigenvalue weighted by Gasteiger charge is -2.17. The monoisotopic (exact) mass is 276 g/mol. The van der Waals surface area contributed by atoms with Crippen molar-refractivity contribution >= 4 is 5.97 Å². The van der Waals surface area contributed by atoms with E-state index in [1.807, 2.05) is 0 Å². The summed E-state index contributed by atoms with van der Waals surface area (Å²) in [5.74, 6) is 0.988. The maximum Gasteiger partial charge on any atom is 0.316 e. The highest BCUT2D eigenvalue weighted by Gasteiger charge is 2.25. The molecule has 2 rings (SSSR count). The van der Waals surface area contributed by atoms with Crippen LogP contribution < -0.4 is 9.47 Å². The SMILES string of the molecule is COc1cc(-c2nnn[nH]2)ccc1OC(=O)C(C)(C)C. The molecule has 1 aromatic carbocycles. The number of aromatic nitrogens is 4. The number of carbonyl (C=O) groups is 1. The maximum absolute atomic E-state index is 11.9.